The summed E-state index contributed by atoms with van der Waals surface area (Å²) >= 11 is 0. The molecule has 0 saturated heterocycles. The molecule has 1 aromatic carbocycles. The molecule has 0 aliphatic rings. The Morgan fingerprint density at radius 3 is 1.33 bits per heavy atom. The Kier molecular flexibility index (Phi) is 4.82. The van der Waals surface area contributed by atoms with Gasteiger partial charge in [-0.2, -0.15) is 0 Å². The minimum absolute atomic E-state index is 0.0900. The average Bonchev–Trinajstić information content (AvgIpc) is 2.27. The number of hydrogen-bond donors (Lipinski definition) is 4. The molecule has 0 aliphatic carbocycles. The van der Waals surface area contributed by atoms with Crippen molar-refractivity contribution < 1.29 is 9.59 Å². The van der Waals surface area contributed by atoms with Crippen LogP contribution in [0.3, 0.4) is 0 Å². The zero-order chi connectivity index (χ0) is 13.7. The lowest BCUT2D eigenvalue weighted by Crippen LogP contribution is -2.22. The third-order valence-electron chi connectivity index (χ3n) is 2.63. The smallest absolute Gasteiger partial charge is 0.219 e. The summed E-state index contributed by atoms with van der Waals surface area (Å²) in [5, 5.41) is 0. The number of amides is 2. The normalized spacial score (nSPS) is 13.9. The maximum absolute atomic E-state index is 10.8. The molecule has 98 valence electrons. The molecule has 0 heterocycles. The molecule has 2 amide bonds. The van der Waals surface area contributed by atoms with Gasteiger partial charge in [-0.3, -0.25) is 9.59 Å². The van der Waals surface area contributed by atoms with Crippen LogP contribution in [0.2, 0.25) is 0 Å². The molecule has 6 heteroatoms. The Morgan fingerprint density at radius 2 is 1.11 bits per heavy atom. The van der Waals surface area contributed by atoms with Crippen molar-refractivity contribution in [3.8, 4) is 0 Å². The Balaban J connectivity index is 2.73. The molecule has 2 atom stereocenters. The van der Waals surface area contributed by atoms with Crippen LogP contribution in [0.15, 0.2) is 24.3 Å². The highest BCUT2D eigenvalue weighted by Crippen LogP contribution is 2.18. The maximum Gasteiger partial charge on any atom is 0.219 e. The number of nitrogens with two attached hydrogens (primary N) is 4. The topological polar surface area (TPSA) is 138 Å². The summed E-state index contributed by atoms with van der Waals surface area (Å²) in [5.74, 6) is -0.894. The average molecular weight is 250 g/mol. The molecule has 18 heavy (non-hydrogen) atoms. The van der Waals surface area contributed by atoms with Crippen molar-refractivity contribution in [1.82, 2.24) is 0 Å². The van der Waals surface area contributed by atoms with Crippen LogP contribution in [0.25, 0.3) is 0 Å². The molecule has 1 rings (SSSR count). The summed E-state index contributed by atoms with van der Waals surface area (Å²) < 4.78 is 0. The van der Waals surface area contributed by atoms with Gasteiger partial charge in [0, 0.05) is 24.9 Å². The van der Waals surface area contributed by atoms with E-state index in [2.05, 4.69) is 0 Å². The van der Waals surface area contributed by atoms with Gasteiger partial charge in [0.15, 0.2) is 0 Å². The predicted molar refractivity (Wildman–Crippen MR) is 67.9 cm³/mol. The Hall–Kier alpha value is -1.92. The largest absolute Gasteiger partial charge is 0.370 e. The third kappa shape index (κ3) is 4.15. The summed E-state index contributed by atoms with van der Waals surface area (Å²) in [5.41, 5.74) is 23.3. The standard InChI is InChI=1S/C12H18N4O2/c13-9(5-11(15)17)7-1-2-8(4-3-7)10(14)6-12(16)18/h1-4,9-10H,5-6,13-14H2,(H2,15,17)(H2,16,18). The van der Waals surface area contributed by atoms with Crippen molar-refractivity contribution in [3.05, 3.63) is 35.4 Å². The van der Waals surface area contributed by atoms with Crippen molar-refractivity contribution >= 4 is 11.8 Å². The van der Waals surface area contributed by atoms with E-state index in [0.717, 1.165) is 11.1 Å². The van der Waals surface area contributed by atoms with Gasteiger partial charge in [-0.05, 0) is 11.1 Å². The second-order valence-electron chi connectivity index (χ2n) is 4.22. The van der Waals surface area contributed by atoms with E-state index in [0.29, 0.717) is 0 Å². The third-order valence-corrected chi connectivity index (χ3v) is 2.63. The van der Waals surface area contributed by atoms with Crippen molar-refractivity contribution in [2.75, 3.05) is 0 Å². The van der Waals surface area contributed by atoms with Crippen LogP contribution in [-0.2, 0) is 9.59 Å². The summed E-state index contributed by atoms with van der Waals surface area (Å²) in [4.78, 5) is 21.5. The number of benzene rings is 1. The van der Waals surface area contributed by atoms with Crippen LogP contribution < -0.4 is 22.9 Å². The van der Waals surface area contributed by atoms with Crippen LogP contribution in [0.1, 0.15) is 36.1 Å². The molecule has 0 radical (unpaired) electrons. The fraction of sp³-hybridized carbons (Fsp3) is 0.333. The number of carbonyl (C=O) groups is 2. The Labute approximate surface area is 105 Å². The van der Waals surface area contributed by atoms with E-state index in [1.54, 1.807) is 24.3 Å². The number of hydrogen-bond acceptors (Lipinski definition) is 4. The van der Waals surface area contributed by atoms with Gasteiger partial charge >= 0.3 is 0 Å². The summed E-state index contributed by atoms with van der Waals surface area (Å²) in [6.45, 7) is 0. The van der Waals surface area contributed by atoms with Gasteiger partial charge in [-0.15, -0.1) is 0 Å². The quantitative estimate of drug-likeness (QED) is 0.537. The first kappa shape index (κ1) is 14.1. The molecular formula is C12H18N4O2. The summed E-state index contributed by atoms with van der Waals surface area (Å²) in [6.07, 6.45) is 0.180. The van der Waals surface area contributed by atoms with E-state index in [4.69, 9.17) is 22.9 Å². The highest BCUT2D eigenvalue weighted by Gasteiger charge is 2.12. The summed E-state index contributed by atoms with van der Waals surface area (Å²) in [6, 6.07) is 6.22. The molecule has 0 saturated carbocycles. The van der Waals surface area contributed by atoms with Crippen LogP contribution in [-0.4, -0.2) is 11.8 Å². The molecule has 0 bridgehead atoms. The van der Waals surface area contributed by atoms with Crippen molar-refractivity contribution in [2.24, 2.45) is 22.9 Å². The minimum atomic E-state index is -0.447. The highest BCUT2D eigenvalue weighted by molar-refractivity contribution is 5.75. The number of rotatable bonds is 6. The fourth-order valence-corrected chi connectivity index (χ4v) is 1.66. The first-order valence-electron chi connectivity index (χ1n) is 5.57. The van der Waals surface area contributed by atoms with Gasteiger partial charge in [-0.25, -0.2) is 0 Å². The molecule has 8 N–H and O–H groups in total. The molecule has 0 fully saturated rings. The Morgan fingerprint density at radius 1 is 0.833 bits per heavy atom. The van der Waals surface area contributed by atoms with Crippen LogP contribution >= 0.6 is 0 Å². The molecule has 0 spiro atoms. The second kappa shape index (κ2) is 6.13. The lowest BCUT2D eigenvalue weighted by Gasteiger charge is -2.13. The molecule has 0 aliphatic heterocycles. The van der Waals surface area contributed by atoms with E-state index in [1.807, 2.05) is 0 Å². The molecule has 2 unspecified atom stereocenters. The zero-order valence-electron chi connectivity index (χ0n) is 10.0. The van der Waals surface area contributed by atoms with Gasteiger partial charge in [0.2, 0.25) is 11.8 Å². The monoisotopic (exact) mass is 250 g/mol. The molecule has 6 nitrogen and oxygen atoms in total. The number of primary amides is 2. The fourth-order valence-electron chi connectivity index (χ4n) is 1.66. The molecule has 0 aromatic heterocycles. The molecular weight excluding hydrogens is 232 g/mol. The van der Waals surface area contributed by atoms with Crippen LogP contribution in [0.4, 0.5) is 0 Å². The van der Waals surface area contributed by atoms with Crippen LogP contribution in [0, 0.1) is 0 Å². The second-order valence-corrected chi connectivity index (χ2v) is 4.22. The van der Waals surface area contributed by atoms with Gasteiger partial charge in [0.1, 0.15) is 0 Å². The first-order chi connectivity index (χ1) is 8.40. The minimum Gasteiger partial charge on any atom is -0.370 e. The SMILES string of the molecule is NC(=O)CC(N)c1ccc(C(N)CC(N)=O)cc1. The van der Waals surface area contributed by atoms with Crippen LogP contribution in [0.5, 0.6) is 0 Å². The van der Waals surface area contributed by atoms with E-state index in [-0.39, 0.29) is 12.8 Å². The van der Waals surface area contributed by atoms with E-state index in [9.17, 15) is 9.59 Å². The van der Waals surface area contributed by atoms with Crippen molar-refractivity contribution in [2.45, 2.75) is 24.9 Å². The summed E-state index contributed by atoms with van der Waals surface area (Å²) in [7, 11) is 0. The van der Waals surface area contributed by atoms with Gasteiger partial charge in [-0.1, -0.05) is 24.3 Å². The first-order valence-corrected chi connectivity index (χ1v) is 5.57. The van der Waals surface area contributed by atoms with E-state index in [1.165, 1.54) is 0 Å². The van der Waals surface area contributed by atoms with Gasteiger partial charge in [0.25, 0.3) is 0 Å². The molecule has 1 aromatic rings. The van der Waals surface area contributed by atoms with Crippen molar-refractivity contribution in [3.63, 3.8) is 0 Å². The highest BCUT2D eigenvalue weighted by atomic mass is 16.1. The zero-order valence-corrected chi connectivity index (χ0v) is 10.0. The maximum atomic E-state index is 10.8. The lowest BCUT2D eigenvalue weighted by molar-refractivity contribution is -0.119. The van der Waals surface area contributed by atoms with E-state index < -0.39 is 23.9 Å². The van der Waals surface area contributed by atoms with Crippen molar-refractivity contribution in [1.29, 1.82) is 0 Å². The van der Waals surface area contributed by atoms with Gasteiger partial charge < -0.3 is 22.9 Å². The van der Waals surface area contributed by atoms with Gasteiger partial charge in [0.05, 0.1) is 0 Å². The van der Waals surface area contributed by atoms with E-state index >= 15 is 0 Å². The predicted octanol–water partition coefficient (Wildman–Crippen LogP) is -0.563. The number of carbonyl (C=O) groups excluding carboxylic acids is 2. The lowest BCUT2D eigenvalue weighted by atomic mass is 9.99. The Bertz CT molecular complexity index is 389.